The molecule has 140 valence electrons. The number of methoxy groups -OCH3 is 1. The van der Waals surface area contributed by atoms with Crippen molar-refractivity contribution in [2.75, 3.05) is 20.3 Å². The van der Waals surface area contributed by atoms with Crippen LogP contribution in [0.25, 0.3) is 5.69 Å². The van der Waals surface area contributed by atoms with Gasteiger partial charge in [0.2, 0.25) is 0 Å². The van der Waals surface area contributed by atoms with E-state index in [2.05, 4.69) is 4.98 Å². The maximum atomic E-state index is 12.9. The number of imidazole rings is 1. The maximum absolute atomic E-state index is 12.9. The fourth-order valence-electron chi connectivity index (χ4n) is 2.65. The summed E-state index contributed by atoms with van der Waals surface area (Å²) in [6.07, 6.45) is 6.12. The highest BCUT2D eigenvalue weighted by molar-refractivity contribution is 5.95. The normalized spacial score (nSPS) is 10.7. The van der Waals surface area contributed by atoms with Crippen molar-refractivity contribution in [3.05, 3.63) is 76.8 Å². The molecule has 1 amide bonds. The SMILES string of the molecule is COCCN(Cc1ccco1)C(=O)c1ccc(-n2ccnc2)c([N+](=O)[O-])c1. The number of benzene rings is 1. The Labute approximate surface area is 154 Å². The van der Waals surface area contributed by atoms with Crippen LogP contribution in [0.1, 0.15) is 16.1 Å². The van der Waals surface area contributed by atoms with Crippen LogP contribution in [0.15, 0.2) is 59.7 Å². The van der Waals surface area contributed by atoms with Crippen molar-refractivity contribution in [3.63, 3.8) is 0 Å². The molecule has 1 aromatic carbocycles. The summed E-state index contributed by atoms with van der Waals surface area (Å²) >= 11 is 0. The Bertz CT molecular complexity index is 906. The fourth-order valence-corrected chi connectivity index (χ4v) is 2.65. The molecular weight excluding hydrogens is 352 g/mol. The third-order valence-corrected chi connectivity index (χ3v) is 3.98. The molecule has 0 atom stereocenters. The second-order valence-electron chi connectivity index (χ2n) is 5.73. The van der Waals surface area contributed by atoms with E-state index in [1.54, 1.807) is 31.5 Å². The number of hydrogen-bond acceptors (Lipinski definition) is 6. The van der Waals surface area contributed by atoms with E-state index in [0.29, 0.717) is 24.6 Å². The van der Waals surface area contributed by atoms with Gasteiger partial charge in [0.15, 0.2) is 0 Å². The van der Waals surface area contributed by atoms with E-state index in [4.69, 9.17) is 9.15 Å². The van der Waals surface area contributed by atoms with E-state index in [1.165, 1.54) is 40.4 Å². The van der Waals surface area contributed by atoms with E-state index in [0.717, 1.165) is 0 Å². The lowest BCUT2D eigenvalue weighted by molar-refractivity contribution is -0.384. The summed E-state index contributed by atoms with van der Waals surface area (Å²) in [7, 11) is 1.54. The first-order valence-corrected chi connectivity index (χ1v) is 8.17. The molecule has 3 rings (SSSR count). The van der Waals surface area contributed by atoms with Crippen LogP contribution in [-0.2, 0) is 11.3 Å². The van der Waals surface area contributed by atoms with Gasteiger partial charge in [-0.3, -0.25) is 14.9 Å². The molecule has 27 heavy (non-hydrogen) atoms. The van der Waals surface area contributed by atoms with E-state index in [9.17, 15) is 14.9 Å². The zero-order chi connectivity index (χ0) is 19.2. The third-order valence-electron chi connectivity index (χ3n) is 3.98. The number of furan rings is 1. The molecule has 9 nitrogen and oxygen atoms in total. The van der Waals surface area contributed by atoms with Crippen molar-refractivity contribution >= 4 is 11.6 Å². The van der Waals surface area contributed by atoms with E-state index >= 15 is 0 Å². The van der Waals surface area contributed by atoms with E-state index < -0.39 is 4.92 Å². The van der Waals surface area contributed by atoms with Gasteiger partial charge in [0.05, 0.1) is 30.7 Å². The summed E-state index contributed by atoms with van der Waals surface area (Å²) < 4.78 is 11.9. The minimum atomic E-state index is -0.516. The molecule has 0 N–H and O–H groups in total. The molecule has 0 bridgehead atoms. The number of nitrogens with zero attached hydrogens (tertiary/aromatic N) is 4. The summed E-state index contributed by atoms with van der Waals surface area (Å²) in [6.45, 7) is 0.904. The number of carbonyl (C=O) groups excluding carboxylic acids is 1. The van der Waals surface area contributed by atoms with Gasteiger partial charge in [-0.2, -0.15) is 0 Å². The monoisotopic (exact) mass is 370 g/mol. The van der Waals surface area contributed by atoms with Crippen molar-refractivity contribution in [3.8, 4) is 5.69 Å². The highest BCUT2D eigenvalue weighted by Gasteiger charge is 2.22. The standard InChI is InChI=1S/C18H18N4O5/c1-26-10-8-20(12-15-3-2-9-27-15)18(23)14-4-5-16(17(11-14)22(24)25)21-7-6-19-13-21/h2-7,9,11,13H,8,10,12H2,1H3. The van der Waals surface area contributed by atoms with E-state index in [-0.39, 0.29) is 23.7 Å². The van der Waals surface area contributed by atoms with Gasteiger partial charge in [-0.25, -0.2) is 4.98 Å². The third kappa shape index (κ3) is 4.21. The van der Waals surface area contributed by atoms with Crippen molar-refractivity contribution in [2.45, 2.75) is 6.54 Å². The molecule has 0 fully saturated rings. The van der Waals surface area contributed by atoms with Crippen LogP contribution in [0.2, 0.25) is 0 Å². The molecule has 0 saturated heterocycles. The first-order chi connectivity index (χ1) is 13.1. The Morgan fingerprint density at radius 1 is 1.41 bits per heavy atom. The Morgan fingerprint density at radius 2 is 2.26 bits per heavy atom. The summed E-state index contributed by atoms with van der Waals surface area (Å²) in [6, 6.07) is 7.87. The molecule has 0 aliphatic heterocycles. The summed E-state index contributed by atoms with van der Waals surface area (Å²) in [5, 5.41) is 11.5. The number of carbonyl (C=O) groups is 1. The predicted molar refractivity (Wildman–Crippen MR) is 95.5 cm³/mol. The largest absolute Gasteiger partial charge is 0.467 e. The molecule has 0 radical (unpaired) electrons. The van der Waals surface area contributed by atoms with Crippen molar-refractivity contribution in [1.82, 2.24) is 14.5 Å². The van der Waals surface area contributed by atoms with Crippen LogP contribution < -0.4 is 0 Å². The average molecular weight is 370 g/mol. The number of hydrogen-bond donors (Lipinski definition) is 0. The summed E-state index contributed by atoms with van der Waals surface area (Å²) in [5.41, 5.74) is 0.375. The van der Waals surface area contributed by atoms with Crippen LogP contribution >= 0.6 is 0 Å². The molecule has 0 spiro atoms. The minimum Gasteiger partial charge on any atom is -0.467 e. The number of rotatable bonds is 8. The lowest BCUT2D eigenvalue weighted by atomic mass is 10.1. The number of nitro groups is 1. The number of ether oxygens (including phenoxy) is 1. The number of aromatic nitrogens is 2. The number of nitro benzene ring substituents is 1. The molecule has 3 aromatic rings. The molecule has 2 heterocycles. The zero-order valence-electron chi connectivity index (χ0n) is 14.6. The lowest BCUT2D eigenvalue weighted by Gasteiger charge is -2.21. The Balaban J connectivity index is 1.91. The van der Waals surface area contributed by atoms with Gasteiger partial charge in [-0.15, -0.1) is 0 Å². The van der Waals surface area contributed by atoms with Gasteiger partial charge in [0, 0.05) is 37.7 Å². The van der Waals surface area contributed by atoms with E-state index in [1.807, 2.05) is 0 Å². The molecule has 2 aromatic heterocycles. The molecule has 0 aliphatic rings. The first kappa shape index (κ1) is 18.3. The summed E-state index contributed by atoms with van der Waals surface area (Å²) in [5.74, 6) is 0.271. The molecule has 9 heteroatoms. The van der Waals surface area contributed by atoms with Crippen molar-refractivity contribution < 1.29 is 18.9 Å². The van der Waals surface area contributed by atoms with Crippen molar-refractivity contribution in [2.24, 2.45) is 0 Å². The molecule has 0 unspecified atom stereocenters. The first-order valence-electron chi connectivity index (χ1n) is 8.17. The Morgan fingerprint density at radius 3 is 2.89 bits per heavy atom. The fraction of sp³-hybridized carbons (Fsp3) is 0.222. The second kappa shape index (κ2) is 8.28. The van der Waals surface area contributed by atoms with Crippen molar-refractivity contribution in [1.29, 1.82) is 0 Å². The molecule has 0 saturated carbocycles. The van der Waals surface area contributed by atoms with Gasteiger partial charge in [0.25, 0.3) is 11.6 Å². The van der Waals surface area contributed by atoms with Gasteiger partial charge in [-0.05, 0) is 24.3 Å². The zero-order valence-corrected chi connectivity index (χ0v) is 14.6. The second-order valence-corrected chi connectivity index (χ2v) is 5.73. The minimum absolute atomic E-state index is 0.177. The maximum Gasteiger partial charge on any atom is 0.294 e. The smallest absolute Gasteiger partial charge is 0.294 e. The van der Waals surface area contributed by atoms with Gasteiger partial charge < -0.3 is 18.6 Å². The Hall–Kier alpha value is -3.46. The van der Waals surface area contributed by atoms with Crippen LogP contribution in [0.3, 0.4) is 0 Å². The summed E-state index contributed by atoms with van der Waals surface area (Å²) in [4.78, 5) is 29.3. The van der Waals surface area contributed by atoms with Crippen LogP contribution in [0.5, 0.6) is 0 Å². The van der Waals surface area contributed by atoms with Crippen LogP contribution in [0.4, 0.5) is 5.69 Å². The van der Waals surface area contributed by atoms with Gasteiger partial charge >= 0.3 is 0 Å². The predicted octanol–water partition coefficient (Wildman–Crippen LogP) is 2.66. The highest BCUT2D eigenvalue weighted by Crippen LogP contribution is 2.25. The van der Waals surface area contributed by atoms with Crippen LogP contribution in [0, 0.1) is 10.1 Å². The van der Waals surface area contributed by atoms with Gasteiger partial charge in [-0.1, -0.05) is 0 Å². The molecular formula is C18H18N4O5. The Kier molecular flexibility index (Phi) is 5.62. The topological polar surface area (TPSA) is 104 Å². The highest BCUT2D eigenvalue weighted by atomic mass is 16.6. The average Bonchev–Trinajstić information content (AvgIpc) is 3.38. The number of amides is 1. The van der Waals surface area contributed by atoms with Gasteiger partial charge in [0.1, 0.15) is 11.4 Å². The lowest BCUT2D eigenvalue weighted by Crippen LogP contribution is -2.33. The quantitative estimate of drug-likeness (QED) is 0.446. The van der Waals surface area contributed by atoms with Crippen LogP contribution in [-0.4, -0.2) is 45.5 Å². The molecule has 0 aliphatic carbocycles.